The second-order valence-corrected chi connectivity index (χ2v) is 5.58. The molecular formula is C12H21N3S. The molecule has 1 aliphatic rings. The minimum atomic E-state index is 0.828. The second kappa shape index (κ2) is 5.75. The van der Waals surface area contributed by atoms with Crippen LogP contribution in [-0.2, 0) is 13.0 Å². The van der Waals surface area contributed by atoms with Crippen molar-refractivity contribution in [1.82, 2.24) is 15.2 Å². The predicted molar refractivity (Wildman–Crippen MR) is 68.8 cm³/mol. The van der Waals surface area contributed by atoms with Gasteiger partial charge in [-0.1, -0.05) is 6.92 Å². The van der Waals surface area contributed by atoms with Crippen molar-refractivity contribution in [1.29, 1.82) is 0 Å². The minimum absolute atomic E-state index is 0.828. The first-order valence-corrected chi connectivity index (χ1v) is 6.98. The predicted octanol–water partition coefficient (Wildman–Crippen LogP) is 1.75. The molecule has 1 fully saturated rings. The van der Waals surface area contributed by atoms with Crippen LogP contribution >= 0.6 is 11.3 Å². The standard InChI is InChI=1S/C12H21N3S/c1-3-12-14-11(9-16-12)7-13-6-10-4-5-15(2)8-10/h9-10,13H,3-8H2,1-2H3. The molecule has 0 radical (unpaired) electrons. The Hall–Kier alpha value is -0.450. The molecule has 1 N–H and O–H groups in total. The zero-order chi connectivity index (χ0) is 11.4. The molecule has 90 valence electrons. The maximum absolute atomic E-state index is 4.55. The number of likely N-dealkylation sites (tertiary alicyclic amines) is 1. The number of nitrogens with one attached hydrogen (secondary N) is 1. The van der Waals surface area contributed by atoms with Crippen molar-refractivity contribution in [2.75, 3.05) is 26.7 Å². The van der Waals surface area contributed by atoms with E-state index < -0.39 is 0 Å². The first-order chi connectivity index (χ1) is 7.78. The molecule has 2 rings (SSSR count). The topological polar surface area (TPSA) is 28.2 Å². The molecule has 1 aliphatic heterocycles. The van der Waals surface area contributed by atoms with E-state index in [0.717, 1.165) is 25.4 Å². The van der Waals surface area contributed by atoms with Crippen molar-refractivity contribution in [3.63, 3.8) is 0 Å². The number of hydrogen-bond donors (Lipinski definition) is 1. The summed E-state index contributed by atoms with van der Waals surface area (Å²) < 4.78 is 0. The van der Waals surface area contributed by atoms with Gasteiger partial charge in [0, 0.05) is 18.5 Å². The van der Waals surface area contributed by atoms with Gasteiger partial charge in [0.1, 0.15) is 0 Å². The summed E-state index contributed by atoms with van der Waals surface area (Å²) in [6.45, 7) is 6.71. The van der Waals surface area contributed by atoms with Gasteiger partial charge in [0.25, 0.3) is 0 Å². The van der Waals surface area contributed by atoms with Gasteiger partial charge < -0.3 is 10.2 Å². The fourth-order valence-corrected chi connectivity index (χ4v) is 2.93. The fourth-order valence-electron chi connectivity index (χ4n) is 2.19. The number of hydrogen-bond acceptors (Lipinski definition) is 4. The average Bonchev–Trinajstić information content (AvgIpc) is 2.88. The molecule has 16 heavy (non-hydrogen) atoms. The van der Waals surface area contributed by atoms with E-state index in [4.69, 9.17) is 0 Å². The van der Waals surface area contributed by atoms with Crippen LogP contribution in [0, 0.1) is 5.92 Å². The Balaban J connectivity index is 1.67. The summed E-state index contributed by atoms with van der Waals surface area (Å²) in [5, 5.41) is 6.94. The third-order valence-electron chi connectivity index (χ3n) is 3.13. The number of aryl methyl sites for hydroxylation is 1. The Morgan fingerprint density at radius 3 is 3.12 bits per heavy atom. The van der Waals surface area contributed by atoms with E-state index in [1.165, 1.54) is 30.2 Å². The summed E-state index contributed by atoms with van der Waals surface area (Å²) in [6.07, 6.45) is 2.39. The second-order valence-electron chi connectivity index (χ2n) is 4.63. The van der Waals surface area contributed by atoms with Crippen molar-refractivity contribution >= 4 is 11.3 Å². The van der Waals surface area contributed by atoms with Gasteiger partial charge in [-0.05, 0) is 38.9 Å². The molecule has 0 amide bonds. The Morgan fingerprint density at radius 2 is 2.50 bits per heavy atom. The molecule has 1 aromatic heterocycles. The van der Waals surface area contributed by atoms with E-state index in [9.17, 15) is 0 Å². The highest BCUT2D eigenvalue weighted by Crippen LogP contribution is 2.13. The van der Waals surface area contributed by atoms with Crippen LogP contribution in [0.25, 0.3) is 0 Å². The van der Waals surface area contributed by atoms with Gasteiger partial charge in [0.05, 0.1) is 10.7 Å². The van der Waals surface area contributed by atoms with E-state index in [1.54, 1.807) is 11.3 Å². The first kappa shape index (κ1) is 12.0. The zero-order valence-electron chi connectivity index (χ0n) is 10.2. The van der Waals surface area contributed by atoms with Crippen LogP contribution < -0.4 is 5.32 Å². The number of thiazole rings is 1. The molecule has 0 saturated carbocycles. The van der Waals surface area contributed by atoms with Gasteiger partial charge in [0.2, 0.25) is 0 Å². The van der Waals surface area contributed by atoms with Gasteiger partial charge in [-0.25, -0.2) is 4.98 Å². The highest BCUT2D eigenvalue weighted by atomic mass is 32.1. The highest BCUT2D eigenvalue weighted by Gasteiger charge is 2.18. The molecule has 2 heterocycles. The van der Waals surface area contributed by atoms with Crippen LogP contribution in [0.5, 0.6) is 0 Å². The summed E-state index contributed by atoms with van der Waals surface area (Å²) in [7, 11) is 2.20. The van der Waals surface area contributed by atoms with Crippen molar-refractivity contribution in [3.8, 4) is 0 Å². The molecule has 4 heteroatoms. The third-order valence-corrected chi connectivity index (χ3v) is 4.17. The monoisotopic (exact) mass is 239 g/mol. The van der Waals surface area contributed by atoms with Crippen LogP contribution in [0.3, 0.4) is 0 Å². The highest BCUT2D eigenvalue weighted by molar-refractivity contribution is 7.09. The molecule has 1 saturated heterocycles. The molecule has 1 aromatic rings. The van der Waals surface area contributed by atoms with E-state index >= 15 is 0 Å². The van der Waals surface area contributed by atoms with E-state index in [0.29, 0.717) is 0 Å². The molecule has 1 unspecified atom stereocenters. The van der Waals surface area contributed by atoms with Crippen LogP contribution in [0.2, 0.25) is 0 Å². The van der Waals surface area contributed by atoms with E-state index in [-0.39, 0.29) is 0 Å². The molecule has 0 aromatic carbocycles. The van der Waals surface area contributed by atoms with E-state index in [1.807, 2.05) is 0 Å². The molecule has 1 atom stereocenters. The van der Waals surface area contributed by atoms with Gasteiger partial charge in [-0.2, -0.15) is 0 Å². The van der Waals surface area contributed by atoms with Crippen molar-refractivity contribution in [3.05, 3.63) is 16.1 Å². The van der Waals surface area contributed by atoms with Crippen LogP contribution in [-0.4, -0.2) is 36.6 Å². The Labute approximate surface area is 102 Å². The van der Waals surface area contributed by atoms with Gasteiger partial charge in [0.15, 0.2) is 0 Å². The van der Waals surface area contributed by atoms with E-state index in [2.05, 4.69) is 34.6 Å². The quantitative estimate of drug-likeness (QED) is 0.848. The lowest BCUT2D eigenvalue weighted by Crippen LogP contribution is -2.24. The number of nitrogens with zero attached hydrogens (tertiary/aromatic N) is 2. The van der Waals surface area contributed by atoms with Gasteiger partial charge in [-0.15, -0.1) is 11.3 Å². The summed E-state index contributed by atoms with van der Waals surface area (Å²) in [4.78, 5) is 6.96. The number of rotatable bonds is 5. The van der Waals surface area contributed by atoms with Crippen LogP contribution in [0.4, 0.5) is 0 Å². The molecule has 0 aliphatic carbocycles. The lowest BCUT2D eigenvalue weighted by molar-refractivity contribution is 0.388. The van der Waals surface area contributed by atoms with Crippen molar-refractivity contribution < 1.29 is 0 Å². The molecule has 0 bridgehead atoms. The smallest absolute Gasteiger partial charge is 0.0926 e. The lowest BCUT2D eigenvalue weighted by atomic mass is 10.1. The van der Waals surface area contributed by atoms with Crippen LogP contribution in [0.1, 0.15) is 24.0 Å². The SMILES string of the molecule is CCc1nc(CNCC2CCN(C)C2)cs1. The first-order valence-electron chi connectivity index (χ1n) is 6.10. The summed E-state index contributed by atoms with van der Waals surface area (Å²) >= 11 is 1.77. The van der Waals surface area contributed by atoms with Crippen molar-refractivity contribution in [2.45, 2.75) is 26.3 Å². The largest absolute Gasteiger partial charge is 0.311 e. The normalized spacial score (nSPS) is 21.8. The Bertz CT molecular complexity index is 324. The zero-order valence-corrected chi connectivity index (χ0v) is 11.0. The Morgan fingerprint density at radius 1 is 1.62 bits per heavy atom. The minimum Gasteiger partial charge on any atom is -0.311 e. The lowest BCUT2D eigenvalue weighted by Gasteiger charge is -2.10. The summed E-state index contributed by atoms with van der Waals surface area (Å²) in [6, 6.07) is 0. The number of aromatic nitrogens is 1. The molecular weight excluding hydrogens is 218 g/mol. The average molecular weight is 239 g/mol. The fraction of sp³-hybridized carbons (Fsp3) is 0.750. The maximum atomic E-state index is 4.55. The Kier molecular flexibility index (Phi) is 4.32. The maximum Gasteiger partial charge on any atom is 0.0926 e. The molecule has 3 nitrogen and oxygen atoms in total. The molecule has 0 spiro atoms. The summed E-state index contributed by atoms with van der Waals surface area (Å²) in [5.41, 5.74) is 1.20. The van der Waals surface area contributed by atoms with Gasteiger partial charge >= 0.3 is 0 Å². The summed E-state index contributed by atoms with van der Waals surface area (Å²) in [5.74, 6) is 0.828. The van der Waals surface area contributed by atoms with Crippen LogP contribution in [0.15, 0.2) is 5.38 Å². The third kappa shape index (κ3) is 3.27. The van der Waals surface area contributed by atoms with Gasteiger partial charge in [-0.3, -0.25) is 0 Å². The van der Waals surface area contributed by atoms with Crippen molar-refractivity contribution in [2.24, 2.45) is 5.92 Å².